The number of para-hydroxylation sites is 7. The Hall–Kier alpha value is -6.44. The molecule has 12 rings (SSSR count). The number of halogens is 2. The lowest BCUT2D eigenvalue weighted by atomic mass is 10.1. The molecule has 60 heavy (non-hydrogen) atoms. The summed E-state index contributed by atoms with van der Waals surface area (Å²) in [7, 11) is -3.17. The Bertz CT molecular complexity index is 3250. The van der Waals surface area contributed by atoms with Crippen LogP contribution in [-0.2, 0) is 0 Å². The third-order valence-corrected chi connectivity index (χ3v) is 18.6. The summed E-state index contributed by atoms with van der Waals surface area (Å²) in [5.41, 5.74) is 10.5. The van der Waals surface area contributed by atoms with Gasteiger partial charge in [-0.05, 0) is 125 Å². The maximum absolute atomic E-state index is 4.15. The molecule has 0 saturated carbocycles. The van der Waals surface area contributed by atoms with Crippen molar-refractivity contribution in [2.24, 2.45) is 0 Å². The number of rotatable bonds is 5. The van der Waals surface area contributed by atoms with E-state index in [1.54, 1.807) is 0 Å². The Balaban J connectivity index is 1.21. The second-order valence-corrected chi connectivity index (χ2v) is 21.0. The van der Waals surface area contributed by atoms with E-state index < -0.39 is 8.07 Å². The zero-order valence-corrected chi connectivity index (χ0v) is 36.5. The van der Waals surface area contributed by atoms with Crippen LogP contribution in [0.4, 0.5) is 17.1 Å². The smallest absolute Gasteiger partial charge is 0.184 e. The zero-order chi connectivity index (χ0) is 40.0. The van der Waals surface area contributed by atoms with Gasteiger partial charge in [0.05, 0.1) is 33.4 Å². The van der Waals surface area contributed by atoms with E-state index in [-0.39, 0.29) is 0 Å². The van der Waals surface area contributed by atoms with Gasteiger partial charge in [-0.25, -0.2) is 0 Å². The van der Waals surface area contributed by atoms with E-state index in [1.165, 1.54) is 75.7 Å². The van der Waals surface area contributed by atoms with Crippen molar-refractivity contribution < 1.29 is 0 Å². The second-order valence-electron chi connectivity index (χ2n) is 15.5. The van der Waals surface area contributed by atoms with Crippen LogP contribution in [0.15, 0.2) is 221 Å². The number of benzene rings is 9. The lowest BCUT2D eigenvalue weighted by Gasteiger charge is -2.45. The van der Waals surface area contributed by atoms with E-state index >= 15 is 0 Å². The Morgan fingerprint density at radius 2 is 0.733 bits per heavy atom. The van der Waals surface area contributed by atoms with Crippen molar-refractivity contribution in [2.45, 2.75) is 0 Å². The molecule has 2 aromatic heterocycles. The first-order valence-electron chi connectivity index (χ1n) is 20.2. The number of aromatic nitrogens is 2. The topological polar surface area (TPSA) is 13.1 Å². The fraction of sp³-hybridized carbons (Fsp3) is 0. The number of anilines is 3. The third-order valence-electron chi connectivity index (χ3n) is 12.5. The molecule has 1 aliphatic rings. The van der Waals surface area contributed by atoms with E-state index in [9.17, 15) is 0 Å². The summed E-state index contributed by atoms with van der Waals surface area (Å²) in [5.74, 6) is 0. The molecule has 0 spiro atoms. The summed E-state index contributed by atoms with van der Waals surface area (Å²) in [6.45, 7) is 0. The second kappa shape index (κ2) is 13.8. The summed E-state index contributed by atoms with van der Waals surface area (Å²) < 4.78 is 7.00. The Labute approximate surface area is 365 Å². The van der Waals surface area contributed by atoms with E-state index in [2.05, 4.69) is 258 Å². The normalized spacial score (nSPS) is 13.3. The van der Waals surface area contributed by atoms with Gasteiger partial charge in [-0.3, -0.25) is 0 Å². The molecule has 0 N–H and O–H groups in total. The van der Waals surface area contributed by atoms with Gasteiger partial charge in [-0.15, -0.1) is 0 Å². The molecule has 3 nitrogen and oxygen atoms in total. The molecule has 0 saturated heterocycles. The lowest BCUT2D eigenvalue weighted by Crippen LogP contribution is -2.77. The molecule has 1 aliphatic heterocycles. The Morgan fingerprint density at radius 3 is 1.25 bits per heavy atom. The van der Waals surface area contributed by atoms with Crippen LogP contribution in [0.1, 0.15) is 0 Å². The van der Waals surface area contributed by atoms with E-state index in [0.717, 1.165) is 26.0 Å². The predicted molar refractivity (Wildman–Crippen MR) is 262 cm³/mol. The molecule has 3 heterocycles. The summed E-state index contributed by atoms with van der Waals surface area (Å²) in [6.07, 6.45) is 0. The average molecular weight is 914 g/mol. The van der Waals surface area contributed by atoms with Gasteiger partial charge in [0.2, 0.25) is 0 Å². The average Bonchev–Trinajstić information content (AvgIpc) is 3.82. The molecule has 0 bridgehead atoms. The van der Waals surface area contributed by atoms with Crippen molar-refractivity contribution >= 4 is 121 Å². The van der Waals surface area contributed by atoms with Gasteiger partial charge >= 0.3 is 0 Å². The highest BCUT2D eigenvalue weighted by Crippen LogP contribution is 2.45. The maximum Gasteiger partial charge on any atom is 0.184 e. The molecule has 9 aromatic carbocycles. The fourth-order valence-corrected chi connectivity index (χ4v) is 16.5. The Kier molecular flexibility index (Phi) is 8.17. The van der Waals surface area contributed by atoms with Crippen LogP contribution in [0.25, 0.3) is 55.0 Å². The van der Waals surface area contributed by atoms with Crippen LogP contribution in [0.3, 0.4) is 0 Å². The summed E-state index contributed by atoms with van der Waals surface area (Å²) >= 11 is 8.12. The summed E-state index contributed by atoms with van der Waals surface area (Å²) in [6, 6.07) is 78.6. The van der Waals surface area contributed by atoms with Crippen molar-refractivity contribution in [2.75, 3.05) is 4.90 Å². The largest absolute Gasteiger partial charge is 0.309 e. The zero-order valence-electron chi connectivity index (χ0n) is 32.3. The predicted octanol–water partition coefficient (Wildman–Crippen LogP) is 12.6. The molecular formula is C54H35Br2N3Si. The van der Waals surface area contributed by atoms with E-state index in [4.69, 9.17) is 0 Å². The molecule has 284 valence electrons. The molecule has 0 atom stereocenters. The number of hydrogen-bond donors (Lipinski definition) is 0. The molecule has 6 heteroatoms. The monoisotopic (exact) mass is 911 g/mol. The number of fused-ring (bicyclic) bond motifs is 8. The molecule has 0 fully saturated rings. The minimum Gasteiger partial charge on any atom is -0.309 e. The van der Waals surface area contributed by atoms with Crippen molar-refractivity contribution in [3.8, 4) is 11.4 Å². The van der Waals surface area contributed by atoms with Crippen molar-refractivity contribution in [3.05, 3.63) is 221 Å². The van der Waals surface area contributed by atoms with Crippen LogP contribution in [0, 0.1) is 0 Å². The first kappa shape index (κ1) is 35.5. The first-order valence-corrected chi connectivity index (χ1v) is 23.8. The molecular weight excluding hydrogens is 879 g/mol. The van der Waals surface area contributed by atoms with Gasteiger partial charge in [-0.2, -0.15) is 0 Å². The van der Waals surface area contributed by atoms with Crippen LogP contribution in [0.5, 0.6) is 0 Å². The lowest BCUT2D eigenvalue weighted by molar-refractivity contribution is 1.18. The molecule has 0 unspecified atom stereocenters. The molecule has 11 aromatic rings. The molecule has 0 amide bonds. The van der Waals surface area contributed by atoms with Crippen LogP contribution in [-0.4, -0.2) is 17.2 Å². The fourth-order valence-electron chi connectivity index (χ4n) is 10.1. The van der Waals surface area contributed by atoms with Crippen molar-refractivity contribution in [1.29, 1.82) is 0 Å². The maximum atomic E-state index is 4.15. The van der Waals surface area contributed by atoms with E-state index in [1.807, 2.05) is 0 Å². The minimum atomic E-state index is -3.17. The summed E-state index contributed by atoms with van der Waals surface area (Å²) in [5, 5.41) is 10.3. The van der Waals surface area contributed by atoms with Gasteiger partial charge in [0.15, 0.2) is 8.07 Å². The van der Waals surface area contributed by atoms with Gasteiger partial charge in [0, 0.05) is 47.6 Å². The van der Waals surface area contributed by atoms with Crippen LogP contribution >= 0.6 is 31.9 Å². The van der Waals surface area contributed by atoms with Gasteiger partial charge in [0.1, 0.15) is 0 Å². The van der Waals surface area contributed by atoms with Gasteiger partial charge in [0.25, 0.3) is 0 Å². The molecule has 0 aliphatic carbocycles. The first-order chi connectivity index (χ1) is 29.6. The van der Waals surface area contributed by atoms with E-state index in [0.29, 0.717) is 0 Å². The highest BCUT2D eigenvalue weighted by Gasteiger charge is 2.50. The number of nitrogens with zero attached hydrogens (tertiary/aromatic N) is 3. The van der Waals surface area contributed by atoms with Gasteiger partial charge < -0.3 is 14.0 Å². The number of hydrogen-bond acceptors (Lipinski definition) is 1. The highest BCUT2D eigenvalue weighted by molar-refractivity contribution is 9.11. The third kappa shape index (κ3) is 5.05. The standard InChI is InChI=1S/C54H35Br2N3Si/c55-44-24-5-10-30-50(44)59-51-31-11-12-32-52(51)60(53-33-15-25-45(56)54(53)59,38-18-13-16-36(34-38)57-46-26-6-1-20-40(46)41-21-2-7-27-47(41)57)39-19-14-17-37(35-39)58-48-28-8-3-22-42(48)43-23-4-9-29-49(43)58/h1-35H. The van der Waals surface area contributed by atoms with Crippen LogP contribution in [0.2, 0.25) is 0 Å². The SMILES string of the molecule is Brc1ccccc1N1c2ccccc2[Si](c2cccc(-n3c4ccccc4c4ccccc43)c2)(c2cccc(-n3c4ccccc4c4ccccc43)c2)c2cccc(Br)c21. The van der Waals surface area contributed by atoms with Crippen molar-refractivity contribution in [1.82, 2.24) is 9.13 Å². The summed E-state index contributed by atoms with van der Waals surface area (Å²) in [4.78, 5) is 2.46. The minimum absolute atomic E-state index is 1.04. The quantitative estimate of drug-likeness (QED) is 0.157. The van der Waals surface area contributed by atoms with Crippen LogP contribution < -0.4 is 25.6 Å². The van der Waals surface area contributed by atoms with Crippen molar-refractivity contribution in [3.63, 3.8) is 0 Å². The Morgan fingerprint density at radius 1 is 0.333 bits per heavy atom. The molecule has 0 radical (unpaired) electrons. The van der Waals surface area contributed by atoms with Gasteiger partial charge in [-0.1, -0.05) is 140 Å². The highest BCUT2D eigenvalue weighted by atomic mass is 79.9.